The number of nitrogens with one attached hydrogen (secondary N) is 1. The van der Waals surface area contributed by atoms with Crippen LogP contribution in [0.2, 0.25) is 0 Å². The number of rotatable bonds is 6. The molecule has 0 heterocycles. The smallest absolute Gasteiger partial charge is 0.123 e. The molecule has 0 bridgehead atoms. The third-order valence-electron chi connectivity index (χ3n) is 4.22. The van der Waals surface area contributed by atoms with Gasteiger partial charge in [-0.1, -0.05) is 67.2 Å². The number of benzene rings is 3. The maximum Gasteiger partial charge on any atom is 0.123 e. The maximum absolute atomic E-state index is 13.2. The van der Waals surface area contributed by atoms with E-state index < -0.39 is 0 Å². The van der Waals surface area contributed by atoms with Gasteiger partial charge in [0.2, 0.25) is 0 Å². The SMILES string of the molecule is C=C(Cc1ccc(-c2ccccc2)c(C)c1)NCc1cccc(F)c1. The van der Waals surface area contributed by atoms with Crippen molar-refractivity contribution in [1.29, 1.82) is 0 Å². The van der Waals surface area contributed by atoms with Crippen LogP contribution in [0.3, 0.4) is 0 Å². The largest absolute Gasteiger partial charge is 0.384 e. The van der Waals surface area contributed by atoms with Gasteiger partial charge in [-0.3, -0.25) is 0 Å². The number of allylic oxidation sites excluding steroid dienone is 1. The highest BCUT2D eigenvalue weighted by molar-refractivity contribution is 5.67. The average molecular weight is 331 g/mol. The Morgan fingerprint density at radius 2 is 1.72 bits per heavy atom. The van der Waals surface area contributed by atoms with E-state index in [4.69, 9.17) is 0 Å². The molecule has 1 nitrogen and oxygen atoms in total. The summed E-state index contributed by atoms with van der Waals surface area (Å²) in [5.74, 6) is -0.211. The van der Waals surface area contributed by atoms with Crippen LogP contribution in [-0.2, 0) is 13.0 Å². The molecule has 0 aromatic heterocycles. The standard InChI is InChI=1S/C23H22FN/c1-17-13-19(11-12-23(17)21-8-4-3-5-9-21)14-18(2)25-16-20-7-6-10-22(24)15-20/h3-13,15,25H,2,14,16H2,1H3. The summed E-state index contributed by atoms with van der Waals surface area (Å²) < 4.78 is 13.2. The molecular formula is C23H22FN. The van der Waals surface area contributed by atoms with Crippen LogP contribution in [0, 0.1) is 12.7 Å². The summed E-state index contributed by atoms with van der Waals surface area (Å²) in [7, 11) is 0. The van der Waals surface area contributed by atoms with E-state index in [-0.39, 0.29) is 5.82 Å². The van der Waals surface area contributed by atoms with Gasteiger partial charge >= 0.3 is 0 Å². The lowest BCUT2D eigenvalue weighted by Crippen LogP contribution is -2.13. The van der Waals surface area contributed by atoms with E-state index in [1.165, 1.54) is 28.3 Å². The van der Waals surface area contributed by atoms with Crippen molar-refractivity contribution in [2.45, 2.75) is 19.9 Å². The Morgan fingerprint density at radius 1 is 0.920 bits per heavy atom. The van der Waals surface area contributed by atoms with Gasteiger partial charge in [-0.05, 0) is 46.9 Å². The zero-order chi connectivity index (χ0) is 17.6. The minimum atomic E-state index is -0.211. The molecule has 0 aliphatic heterocycles. The molecule has 0 saturated carbocycles. The second kappa shape index (κ2) is 7.80. The Hall–Kier alpha value is -2.87. The second-order valence-electron chi connectivity index (χ2n) is 6.28. The van der Waals surface area contributed by atoms with E-state index in [1.54, 1.807) is 12.1 Å². The van der Waals surface area contributed by atoms with Crippen LogP contribution in [-0.4, -0.2) is 0 Å². The van der Waals surface area contributed by atoms with Gasteiger partial charge in [0.1, 0.15) is 5.82 Å². The Labute approximate surface area is 148 Å². The minimum Gasteiger partial charge on any atom is -0.384 e. The summed E-state index contributed by atoms with van der Waals surface area (Å²) in [6, 6.07) is 23.5. The van der Waals surface area contributed by atoms with Crippen molar-refractivity contribution in [3.8, 4) is 11.1 Å². The molecular weight excluding hydrogens is 309 g/mol. The monoisotopic (exact) mass is 331 g/mol. The first-order valence-corrected chi connectivity index (χ1v) is 8.43. The Morgan fingerprint density at radius 3 is 2.44 bits per heavy atom. The molecule has 0 fully saturated rings. The highest BCUT2D eigenvalue weighted by Gasteiger charge is 2.04. The molecule has 0 saturated heterocycles. The molecule has 0 aliphatic carbocycles. The van der Waals surface area contributed by atoms with Crippen LogP contribution in [0.5, 0.6) is 0 Å². The Bertz CT molecular complexity index is 868. The molecule has 0 aliphatic rings. The summed E-state index contributed by atoms with van der Waals surface area (Å²) in [5.41, 5.74) is 6.79. The third kappa shape index (κ3) is 4.57. The first-order chi connectivity index (χ1) is 12.1. The molecule has 0 atom stereocenters. The summed E-state index contributed by atoms with van der Waals surface area (Å²) in [4.78, 5) is 0. The number of aryl methyl sites for hydroxylation is 1. The van der Waals surface area contributed by atoms with Gasteiger partial charge in [0.15, 0.2) is 0 Å². The highest BCUT2D eigenvalue weighted by Crippen LogP contribution is 2.24. The van der Waals surface area contributed by atoms with Crippen molar-refractivity contribution < 1.29 is 4.39 Å². The highest BCUT2D eigenvalue weighted by atomic mass is 19.1. The normalized spacial score (nSPS) is 10.5. The van der Waals surface area contributed by atoms with E-state index in [0.717, 1.165) is 17.7 Å². The zero-order valence-corrected chi connectivity index (χ0v) is 14.4. The molecule has 3 aromatic rings. The Kier molecular flexibility index (Phi) is 5.30. The van der Waals surface area contributed by atoms with Gasteiger partial charge < -0.3 is 5.32 Å². The molecule has 2 heteroatoms. The summed E-state index contributed by atoms with van der Waals surface area (Å²) in [6.45, 7) is 6.81. The van der Waals surface area contributed by atoms with E-state index in [2.05, 4.69) is 61.3 Å². The lowest BCUT2D eigenvalue weighted by atomic mass is 9.97. The van der Waals surface area contributed by atoms with Crippen LogP contribution in [0.4, 0.5) is 4.39 Å². The molecule has 0 radical (unpaired) electrons. The predicted molar refractivity (Wildman–Crippen MR) is 103 cm³/mol. The van der Waals surface area contributed by atoms with Crippen molar-refractivity contribution in [2.75, 3.05) is 0 Å². The molecule has 0 spiro atoms. The Balaban J connectivity index is 1.63. The number of hydrogen-bond acceptors (Lipinski definition) is 1. The first-order valence-electron chi connectivity index (χ1n) is 8.43. The van der Waals surface area contributed by atoms with Crippen LogP contribution < -0.4 is 5.32 Å². The number of hydrogen-bond donors (Lipinski definition) is 1. The number of halogens is 1. The van der Waals surface area contributed by atoms with Crippen molar-refractivity contribution in [3.63, 3.8) is 0 Å². The summed E-state index contributed by atoms with van der Waals surface area (Å²) in [6.07, 6.45) is 0.755. The van der Waals surface area contributed by atoms with E-state index in [1.807, 2.05) is 12.1 Å². The van der Waals surface area contributed by atoms with Crippen LogP contribution >= 0.6 is 0 Å². The van der Waals surface area contributed by atoms with Gasteiger partial charge in [-0.15, -0.1) is 0 Å². The fraction of sp³-hybridized carbons (Fsp3) is 0.130. The quantitative estimate of drug-likeness (QED) is 0.616. The fourth-order valence-corrected chi connectivity index (χ4v) is 2.96. The predicted octanol–water partition coefficient (Wildman–Crippen LogP) is 5.65. The van der Waals surface area contributed by atoms with Crippen molar-refractivity contribution in [3.05, 3.63) is 108 Å². The van der Waals surface area contributed by atoms with Crippen molar-refractivity contribution in [1.82, 2.24) is 5.32 Å². The first kappa shape index (κ1) is 17.0. The van der Waals surface area contributed by atoms with Gasteiger partial charge in [0.25, 0.3) is 0 Å². The lowest BCUT2D eigenvalue weighted by molar-refractivity contribution is 0.623. The molecule has 3 rings (SSSR count). The van der Waals surface area contributed by atoms with Gasteiger partial charge in [0.05, 0.1) is 0 Å². The molecule has 126 valence electrons. The van der Waals surface area contributed by atoms with Gasteiger partial charge in [-0.2, -0.15) is 0 Å². The lowest BCUT2D eigenvalue weighted by Gasteiger charge is -2.12. The van der Waals surface area contributed by atoms with Crippen molar-refractivity contribution >= 4 is 0 Å². The molecule has 0 unspecified atom stereocenters. The second-order valence-corrected chi connectivity index (χ2v) is 6.28. The topological polar surface area (TPSA) is 12.0 Å². The van der Waals surface area contributed by atoms with Crippen molar-refractivity contribution in [2.24, 2.45) is 0 Å². The van der Waals surface area contributed by atoms with Gasteiger partial charge in [0, 0.05) is 18.7 Å². The average Bonchev–Trinajstić information content (AvgIpc) is 2.61. The van der Waals surface area contributed by atoms with Crippen LogP contribution in [0.15, 0.2) is 85.1 Å². The fourth-order valence-electron chi connectivity index (χ4n) is 2.96. The molecule has 1 N–H and O–H groups in total. The molecule has 0 amide bonds. The molecule has 25 heavy (non-hydrogen) atoms. The van der Waals surface area contributed by atoms with E-state index >= 15 is 0 Å². The third-order valence-corrected chi connectivity index (χ3v) is 4.22. The van der Waals surface area contributed by atoms with Crippen LogP contribution in [0.25, 0.3) is 11.1 Å². The zero-order valence-electron chi connectivity index (χ0n) is 14.4. The minimum absolute atomic E-state index is 0.211. The van der Waals surface area contributed by atoms with Gasteiger partial charge in [-0.25, -0.2) is 4.39 Å². The summed E-state index contributed by atoms with van der Waals surface area (Å²) in [5, 5.41) is 3.28. The van der Waals surface area contributed by atoms with E-state index in [0.29, 0.717) is 6.54 Å². The van der Waals surface area contributed by atoms with Crippen LogP contribution in [0.1, 0.15) is 16.7 Å². The molecule has 3 aromatic carbocycles. The summed E-state index contributed by atoms with van der Waals surface area (Å²) >= 11 is 0. The maximum atomic E-state index is 13.2. The van der Waals surface area contributed by atoms with E-state index in [9.17, 15) is 4.39 Å².